The lowest BCUT2D eigenvalue weighted by Crippen LogP contribution is -2.49. The van der Waals surface area contributed by atoms with Crippen LogP contribution in [0.15, 0.2) is 30.3 Å². The number of hydrogen-bond donors (Lipinski definition) is 2. The summed E-state index contributed by atoms with van der Waals surface area (Å²) in [5.41, 5.74) is 7.00. The minimum Gasteiger partial charge on any atom is -0.396 e. The molecular formula is C17H26N2O2. The van der Waals surface area contributed by atoms with Crippen LogP contribution >= 0.6 is 0 Å². The Morgan fingerprint density at radius 1 is 1.33 bits per heavy atom. The molecule has 1 aliphatic carbocycles. The minimum absolute atomic E-state index is 0.127. The summed E-state index contributed by atoms with van der Waals surface area (Å²) in [6.07, 6.45) is 4.70. The first-order valence-corrected chi connectivity index (χ1v) is 7.91. The molecule has 1 aliphatic rings. The van der Waals surface area contributed by atoms with Crippen LogP contribution in [0.2, 0.25) is 0 Å². The number of aliphatic hydroxyl groups excluding tert-OH is 1. The van der Waals surface area contributed by atoms with Crippen molar-refractivity contribution >= 4 is 5.91 Å². The van der Waals surface area contributed by atoms with Crippen LogP contribution in [0.3, 0.4) is 0 Å². The van der Waals surface area contributed by atoms with Gasteiger partial charge in [-0.15, -0.1) is 0 Å². The van der Waals surface area contributed by atoms with Crippen LogP contribution in [0.5, 0.6) is 0 Å². The highest BCUT2D eigenvalue weighted by atomic mass is 16.3. The van der Waals surface area contributed by atoms with E-state index in [0.29, 0.717) is 32.0 Å². The Kier molecular flexibility index (Phi) is 6.21. The second-order valence-electron chi connectivity index (χ2n) is 5.82. The second kappa shape index (κ2) is 8.15. The number of carbonyl (C=O) groups is 1. The van der Waals surface area contributed by atoms with E-state index in [0.717, 1.165) is 18.4 Å². The second-order valence-corrected chi connectivity index (χ2v) is 5.82. The molecule has 1 saturated carbocycles. The zero-order valence-electron chi connectivity index (χ0n) is 12.6. The number of benzene rings is 1. The molecule has 21 heavy (non-hydrogen) atoms. The zero-order chi connectivity index (χ0) is 15.1. The molecule has 1 atom stereocenters. The summed E-state index contributed by atoms with van der Waals surface area (Å²) in [5, 5.41) is 9.04. The van der Waals surface area contributed by atoms with Gasteiger partial charge >= 0.3 is 0 Å². The smallest absolute Gasteiger partial charge is 0.227 e. The first-order valence-electron chi connectivity index (χ1n) is 7.91. The molecule has 0 radical (unpaired) electrons. The van der Waals surface area contributed by atoms with Gasteiger partial charge < -0.3 is 15.7 Å². The van der Waals surface area contributed by atoms with Gasteiger partial charge in [-0.1, -0.05) is 30.3 Å². The summed E-state index contributed by atoms with van der Waals surface area (Å²) in [7, 11) is 0. The van der Waals surface area contributed by atoms with Crippen molar-refractivity contribution in [3.8, 4) is 0 Å². The predicted molar refractivity (Wildman–Crippen MR) is 83.7 cm³/mol. The fourth-order valence-electron chi connectivity index (χ4n) is 2.82. The number of rotatable bonds is 8. The molecule has 1 amide bonds. The summed E-state index contributed by atoms with van der Waals surface area (Å²) in [5.74, 6) is -0.00815. The number of carbonyl (C=O) groups excluding carboxylic acids is 1. The summed E-state index contributed by atoms with van der Waals surface area (Å²) in [4.78, 5) is 14.7. The zero-order valence-corrected chi connectivity index (χ0v) is 12.6. The van der Waals surface area contributed by atoms with E-state index in [9.17, 15) is 4.79 Å². The molecule has 4 heteroatoms. The van der Waals surface area contributed by atoms with Gasteiger partial charge in [0.1, 0.15) is 0 Å². The largest absolute Gasteiger partial charge is 0.396 e. The Bertz CT molecular complexity index is 432. The average molecular weight is 290 g/mol. The maximum Gasteiger partial charge on any atom is 0.227 e. The molecule has 4 nitrogen and oxygen atoms in total. The molecule has 0 heterocycles. The molecule has 0 aromatic heterocycles. The first kappa shape index (κ1) is 16.0. The van der Waals surface area contributed by atoms with Crippen molar-refractivity contribution in [1.82, 2.24) is 4.90 Å². The molecule has 1 unspecified atom stereocenters. The Morgan fingerprint density at radius 3 is 2.57 bits per heavy atom. The highest BCUT2D eigenvalue weighted by molar-refractivity contribution is 5.79. The van der Waals surface area contributed by atoms with E-state index in [1.54, 1.807) is 0 Å². The van der Waals surface area contributed by atoms with Crippen molar-refractivity contribution in [3.05, 3.63) is 35.9 Å². The van der Waals surface area contributed by atoms with E-state index >= 15 is 0 Å². The van der Waals surface area contributed by atoms with Gasteiger partial charge in [-0.2, -0.15) is 0 Å². The SMILES string of the molecule is NCC(Cc1ccccc1)C(=O)N(CCCO)C1CCC1. The minimum atomic E-state index is -0.160. The van der Waals surface area contributed by atoms with Gasteiger partial charge in [-0.3, -0.25) is 4.79 Å². The van der Waals surface area contributed by atoms with Crippen LogP contribution in [-0.2, 0) is 11.2 Å². The lowest BCUT2D eigenvalue weighted by atomic mass is 9.89. The fourth-order valence-corrected chi connectivity index (χ4v) is 2.82. The highest BCUT2D eigenvalue weighted by Gasteiger charge is 2.31. The first-order chi connectivity index (χ1) is 10.3. The van der Waals surface area contributed by atoms with Crippen molar-refractivity contribution in [2.75, 3.05) is 19.7 Å². The number of nitrogens with two attached hydrogens (primary N) is 1. The van der Waals surface area contributed by atoms with Crippen LogP contribution < -0.4 is 5.73 Å². The van der Waals surface area contributed by atoms with Gasteiger partial charge in [0.2, 0.25) is 5.91 Å². The maximum atomic E-state index is 12.8. The summed E-state index contributed by atoms with van der Waals surface area (Å²) in [6, 6.07) is 10.4. The van der Waals surface area contributed by atoms with Crippen LogP contribution in [0.4, 0.5) is 0 Å². The number of nitrogens with zero attached hydrogens (tertiary/aromatic N) is 1. The highest BCUT2D eigenvalue weighted by Crippen LogP contribution is 2.26. The predicted octanol–water partition coefficient (Wildman–Crippen LogP) is 1.57. The van der Waals surface area contributed by atoms with E-state index in [-0.39, 0.29) is 18.4 Å². The maximum absolute atomic E-state index is 12.8. The topological polar surface area (TPSA) is 66.6 Å². The molecule has 1 fully saturated rings. The molecule has 3 N–H and O–H groups in total. The summed E-state index contributed by atoms with van der Waals surface area (Å²) < 4.78 is 0. The van der Waals surface area contributed by atoms with Crippen molar-refractivity contribution in [2.45, 2.75) is 38.1 Å². The standard InChI is InChI=1S/C17H26N2O2/c18-13-15(12-14-6-2-1-3-7-14)17(21)19(10-5-11-20)16-8-4-9-16/h1-3,6-7,15-16,20H,4-5,8-13,18H2. The third-order valence-electron chi connectivity index (χ3n) is 4.31. The third kappa shape index (κ3) is 4.29. The molecule has 1 aromatic carbocycles. The van der Waals surface area contributed by atoms with E-state index in [4.69, 9.17) is 10.8 Å². The van der Waals surface area contributed by atoms with Gasteiger partial charge in [0.15, 0.2) is 0 Å². The van der Waals surface area contributed by atoms with Crippen molar-refractivity contribution in [2.24, 2.45) is 11.7 Å². The Labute approximate surface area is 126 Å². The van der Waals surface area contributed by atoms with Crippen molar-refractivity contribution in [1.29, 1.82) is 0 Å². The molecule has 0 spiro atoms. The monoisotopic (exact) mass is 290 g/mol. The molecule has 116 valence electrons. The molecular weight excluding hydrogens is 264 g/mol. The van der Waals surface area contributed by atoms with E-state index in [1.807, 2.05) is 35.2 Å². The molecule has 2 rings (SSSR count). The van der Waals surface area contributed by atoms with Crippen molar-refractivity contribution < 1.29 is 9.90 Å². The Balaban J connectivity index is 2.01. The quantitative estimate of drug-likeness (QED) is 0.763. The van der Waals surface area contributed by atoms with Crippen molar-refractivity contribution in [3.63, 3.8) is 0 Å². The third-order valence-corrected chi connectivity index (χ3v) is 4.31. The summed E-state index contributed by atoms with van der Waals surface area (Å²) in [6.45, 7) is 1.14. The number of aliphatic hydroxyl groups is 1. The van der Waals surface area contributed by atoms with E-state index in [1.165, 1.54) is 6.42 Å². The fraction of sp³-hybridized carbons (Fsp3) is 0.588. The van der Waals surface area contributed by atoms with Crippen LogP contribution in [0, 0.1) is 5.92 Å². The number of hydrogen-bond acceptors (Lipinski definition) is 3. The molecule has 0 aliphatic heterocycles. The lowest BCUT2D eigenvalue weighted by Gasteiger charge is -2.39. The summed E-state index contributed by atoms with van der Waals surface area (Å²) >= 11 is 0. The van der Waals surface area contributed by atoms with Gasteiger partial charge in [0, 0.05) is 25.7 Å². The van der Waals surface area contributed by atoms with Gasteiger partial charge in [0.25, 0.3) is 0 Å². The average Bonchev–Trinajstić information content (AvgIpc) is 2.47. The van der Waals surface area contributed by atoms with E-state index in [2.05, 4.69) is 0 Å². The molecule has 0 bridgehead atoms. The Morgan fingerprint density at radius 2 is 2.05 bits per heavy atom. The normalized spacial score (nSPS) is 16.3. The van der Waals surface area contributed by atoms with Crippen LogP contribution in [0.1, 0.15) is 31.2 Å². The van der Waals surface area contributed by atoms with Gasteiger partial charge in [0.05, 0.1) is 5.92 Å². The van der Waals surface area contributed by atoms with Crippen LogP contribution in [0.25, 0.3) is 0 Å². The molecule has 0 saturated heterocycles. The molecule has 1 aromatic rings. The van der Waals surface area contributed by atoms with Gasteiger partial charge in [-0.25, -0.2) is 0 Å². The number of amides is 1. The lowest BCUT2D eigenvalue weighted by molar-refractivity contribution is -0.139. The van der Waals surface area contributed by atoms with Crippen LogP contribution in [-0.4, -0.2) is 41.7 Å². The van der Waals surface area contributed by atoms with Gasteiger partial charge in [-0.05, 0) is 37.7 Å². The Hall–Kier alpha value is -1.39. The van der Waals surface area contributed by atoms with E-state index < -0.39 is 0 Å².